The molecule has 0 spiro atoms. The van der Waals surface area contributed by atoms with Gasteiger partial charge in [-0.05, 0) is 23.1 Å². The average molecular weight is 429 g/mol. The number of imidazole rings is 1. The number of amides is 2. The van der Waals surface area contributed by atoms with Crippen molar-refractivity contribution in [2.45, 2.75) is 6.42 Å². The molecule has 0 aliphatic carbocycles. The molecule has 164 valence electrons. The first kappa shape index (κ1) is 21.6. The first-order valence-electron chi connectivity index (χ1n) is 10.9. The third-order valence-corrected chi connectivity index (χ3v) is 5.91. The summed E-state index contributed by atoms with van der Waals surface area (Å²) in [6, 6.07) is 18.5. The number of carbonyl (C=O) groups excluding carboxylic acids is 2. The molecule has 1 aliphatic rings. The van der Waals surface area contributed by atoms with Crippen molar-refractivity contribution in [3.05, 3.63) is 91.0 Å². The summed E-state index contributed by atoms with van der Waals surface area (Å²) in [5.41, 5.74) is 3.34. The maximum Gasteiger partial charge on any atom is 0.289 e. The van der Waals surface area contributed by atoms with Gasteiger partial charge in [0.25, 0.3) is 5.91 Å². The molecule has 0 radical (unpaired) electrons. The molecule has 4 rings (SSSR count). The quantitative estimate of drug-likeness (QED) is 0.566. The van der Waals surface area contributed by atoms with E-state index in [1.165, 1.54) is 0 Å². The van der Waals surface area contributed by atoms with Crippen LogP contribution in [0.15, 0.2) is 79.6 Å². The van der Waals surface area contributed by atoms with E-state index in [9.17, 15) is 9.59 Å². The van der Waals surface area contributed by atoms with Crippen LogP contribution in [-0.4, -0.2) is 57.3 Å². The second-order valence-electron chi connectivity index (χ2n) is 8.15. The van der Waals surface area contributed by atoms with Gasteiger partial charge in [-0.25, -0.2) is 4.98 Å². The molecule has 3 aromatic rings. The Hall–Kier alpha value is -3.67. The van der Waals surface area contributed by atoms with Gasteiger partial charge >= 0.3 is 0 Å². The van der Waals surface area contributed by atoms with Gasteiger partial charge in [0.15, 0.2) is 5.82 Å². The number of rotatable bonds is 6. The van der Waals surface area contributed by atoms with Gasteiger partial charge in [-0.15, -0.1) is 6.58 Å². The van der Waals surface area contributed by atoms with Crippen LogP contribution in [0.25, 0.3) is 11.1 Å². The van der Waals surface area contributed by atoms with Crippen LogP contribution in [0, 0.1) is 5.92 Å². The first-order chi connectivity index (χ1) is 15.6. The Morgan fingerprint density at radius 1 is 1.12 bits per heavy atom. The van der Waals surface area contributed by atoms with Crippen molar-refractivity contribution >= 4 is 11.8 Å². The van der Waals surface area contributed by atoms with E-state index >= 15 is 0 Å². The summed E-state index contributed by atoms with van der Waals surface area (Å²) in [5.74, 6) is -0.0221. The molecule has 1 atom stereocenters. The Morgan fingerprint density at radius 2 is 1.91 bits per heavy atom. The van der Waals surface area contributed by atoms with Crippen molar-refractivity contribution in [3.8, 4) is 11.1 Å². The molecule has 1 saturated heterocycles. The first-order valence-corrected chi connectivity index (χ1v) is 10.9. The highest BCUT2D eigenvalue weighted by atomic mass is 16.2. The van der Waals surface area contributed by atoms with Gasteiger partial charge in [-0.2, -0.15) is 0 Å². The molecule has 0 N–H and O–H groups in total. The van der Waals surface area contributed by atoms with E-state index in [0.717, 1.165) is 16.7 Å². The zero-order valence-corrected chi connectivity index (χ0v) is 18.4. The van der Waals surface area contributed by atoms with Crippen LogP contribution in [0.5, 0.6) is 0 Å². The Labute approximate surface area is 188 Å². The van der Waals surface area contributed by atoms with Gasteiger partial charge in [0.05, 0.1) is 5.92 Å². The number of benzene rings is 2. The topological polar surface area (TPSA) is 58.4 Å². The maximum absolute atomic E-state index is 13.3. The molecule has 2 heterocycles. The van der Waals surface area contributed by atoms with Crippen LogP contribution in [0.3, 0.4) is 0 Å². The molecule has 2 aromatic carbocycles. The van der Waals surface area contributed by atoms with Crippen molar-refractivity contribution in [1.29, 1.82) is 0 Å². The molecule has 6 nitrogen and oxygen atoms in total. The minimum Gasteiger partial charge on any atom is -0.337 e. The highest BCUT2D eigenvalue weighted by Crippen LogP contribution is 2.23. The smallest absolute Gasteiger partial charge is 0.289 e. The number of nitrogens with zero attached hydrogens (tertiary/aromatic N) is 4. The highest BCUT2D eigenvalue weighted by molar-refractivity contribution is 5.91. The summed E-state index contributed by atoms with van der Waals surface area (Å²) in [6.45, 7) is 5.60. The third kappa shape index (κ3) is 4.64. The maximum atomic E-state index is 13.3. The zero-order valence-electron chi connectivity index (χ0n) is 18.4. The molecule has 32 heavy (non-hydrogen) atoms. The van der Waals surface area contributed by atoms with Gasteiger partial charge < -0.3 is 14.4 Å². The van der Waals surface area contributed by atoms with Crippen LogP contribution in [0.4, 0.5) is 0 Å². The van der Waals surface area contributed by atoms with Gasteiger partial charge in [0, 0.05) is 45.6 Å². The summed E-state index contributed by atoms with van der Waals surface area (Å²) in [7, 11) is 1.81. The second-order valence-corrected chi connectivity index (χ2v) is 8.15. The predicted molar refractivity (Wildman–Crippen MR) is 125 cm³/mol. The minimum atomic E-state index is -0.326. The SMILES string of the molecule is C=CCN1CCN(C(=O)c2nccn2C)CC(Cc2cccc(-c3ccccc3)c2)C1=O. The second kappa shape index (κ2) is 9.64. The lowest BCUT2D eigenvalue weighted by atomic mass is 9.94. The summed E-state index contributed by atoms with van der Waals surface area (Å²) in [6.07, 6.45) is 5.68. The third-order valence-electron chi connectivity index (χ3n) is 5.91. The Bertz CT molecular complexity index is 1110. The van der Waals surface area contributed by atoms with E-state index in [2.05, 4.69) is 35.8 Å². The van der Waals surface area contributed by atoms with E-state index in [1.807, 2.05) is 30.3 Å². The average Bonchev–Trinajstić information content (AvgIpc) is 3.19. The fourth-order valence-corrected chi connectivity index (χ4v) is 4.22. The Morgan fingerprint density at radius 3 is 2.62 bits per heavy atom. The molecule has 2 amide bonds. The highest BCUT2D eigenvalue weighted by Gasteiger charge is 2.33. The molecular weight excluding hydrogens is 400 g/mol. The van der Waals surface area contributed by atoms with E-state index in [4.69, 9.17) is 0 Å². The number of aromatic nitrogens is 2. The van der Waals surface area contributed by atoms with Crippen LogP contribution < -0.4 is 0 Å². The predicted octanol–water partition coefficient (Wildman–Crippen LogP) is 3.42. The minimum absolute atomic E-state index is 0.0603. The van der Waals surface area contributed by atoms with E-state index < -0.39 is 0 Å². The summed E-state index contributed by atoms with van der Waals surface area (Å²) in [4.78, 5) is 34.2. The monoisotopic (exact) mass is 428 g/mol. The normalized spacial score (nSPS) is 16.7. The van der Waals surface area contributed by atoms with Crippen molar-refractivity contribution in [2.24, 2.45) is 13.0 Å². The van der Waals surface area contributed by atoms with Crippen LogP contribution in [0.2, 0.25) is 0 Å². The Kier molecular flexibility index (Phi) is 6.50. The summed E-state index contributed by atoms with van der Waals surface area (Å²) < 4.78 is 1.72. The van der Waals surface area contributed by atoms with Crippen LogP contribution >= 0.6 is 0 Å². The largest absolute Gasteiger partial charge is 0.337 e. The van der Waals surface area contributed by atoms with E-state index in [-0.39, 0.29) is 17.7 Å². The molecular formula is C26H28N4O2. The Balaban J connectivity index is 1.59. The molecule has 6 heteroatoms. The van der Waals surface area contributed by atoms with E-state index in [0.29, 0.717) is 38.4 Å². The fourth-order valence-electron chi connectivity index (χ4n) is 4.22. The molecule has 1 aromatic heterocycles. The van der Waals surface area contributed by atoms with Crippen molar-refractivity contribution in [3.63, 3.8) is 0 Å². The van der Waals surface area contributed by atoms with Crippen LogP contribution in [-0.2, 0) is 18.3 Å². The molecule has 0 saturated carbocycles. The molecule has 1 aliphatic heterocycles. The van der Waals surface area contributed by atoms with Gasteiger partial charge in [0.1, 0.15) is 0 Å². The van der Waals surface area contributed by atoms with Gasteiger partial charge in [-0.3, -0.25) is 9.59 Å². The number of hydrogen-bond donors (Lipinski definition) is 0. The van der Waals surface area contributed by atoms with Crippen molar-refractivity contribution in [1.82, 2.24) is 19.4 Å². The zero-order chi connectivity index (χ0) is 22.5. The van der Waals surface area contributed by atoms with Crippen molar-refractivity contribution < 1.29 is 9.59 Å². The van der Waals surface area contributed by atoms with Crippen LogP contribution in [0.1, 0.15) is 16.2 Å². The van der Waals surface area contributed by atoms with E-state index in [1.54, 1.807) is 39.9 Å². The molecule has 1 fully saturated rings. The lowest BCUT2D eigenvalue weighted by molar-refractivity contribution is -0.134. The van der Waals surface area contributed by atoms with Crippen molar-refractivity contribution in [2.75, 3.05) is 26.2 Å². The standard InChI is InChI=1S/C26H28N4O2/c1-3-13-29-15-16-30(26(32)24-27-12-14-28(24)2)19-23(25(29)31)18-20-8-7-11-22(17-20)21-9-5-4-6-10-21/h3-12,14,17,23H,1,13,15-16,18-19H2,2H3. The van der Waals surface area contributed by atoms with Gasteiger partial charge in [0.2, 0.25) is 5.91 Å². The summed E-state index contributed by atoms with van der Waals surface area (Å²) in [5, 5.41) is 0. The molecule has 0 bridgehead atoms. The molecule has 1 unspecified atom stereocenters. The number of hydrogen-bond acceptors (Lipinski definition) is 3. The number of carbonyl (C=O) groups is 2. The lowest BCUT2D eigenvalue weighted by Gasteiger charge is -2.23. The fraction of sp³-hybridized carbons (Fsp3) is 0.269. The summed E-state index contributed by atoms with van der Waals surface area (Å²) >= 11 is 0. The van der Waals surface area contributed by atoms with Gasteiger partial charge in [-0.1, -0.05) is 60.7 Å². The lowest BCUT2D eigenvalue weighted by Crippen LogP contribution is -2.38. The number of aryl methyl sites for hydroxylation is 1.